The number of carboxylic acids is 1. The Bertz CT molecular complexity index is 1760. The SMILES string of the molecule is C=C(C)[C@@H]1C[C@H]2CN(S(=O)(=O)C3CCN(C(=O)OCc4ccccc4)CC3)CC[C@H]2O[C@H]1c1cc(Oc2ccccc2)ccc1OCC(=O)O. The number of fused-ring (bicyclic) bond motifs is 1. The number of amides is 1. The third kappa shape index (κ3) is 8.31. The molecule has 3 aromatic rings. The number of hydrogen-bond acceptors (Lipinski definition) is 8. The Balaban J connectivity index is 1.12. The van der Waals surface area contributed by atoms with Crippen LogP contribution in [0.2, 0.25) is 0 Å². The lowest BCUT2D eigenvalue weighted by Gasteiger charge is -2.47. The maximum Gasteiger partial charge on any atom is 0.410 e. The molecule has 6 rings (SSSR count). The summed E-state index contributed by atoms with van der Waals surface area (Å²) in [5.41, 5.74) is 2.43. The zero-order valence-electron chi connectivity index (χ0n) is 28.2. The average Bonchev–Trinajstić information content (AvgIpc) is 3.13. The molecule has 0 aliphatic carbocycles. The topological polar surface area (TPSA) is 132 Å². The van der Waals surface area contributed by atoms with E-state index in [1.807, 2.05) is 73.7 Å². The second-order valence-corrected chi connectivity index (χ2v) is 15.5. The summed E-state index contributed by atoms with van der Waals surface area (Å²) in [6.45, 7) is 7.15. The molecule has 4 atom stereocenters. The summed E-state index contributed by atoms with van der Waals surface area (Å²) in [6.07, 6.45) is 0.713. The Morgan fingerprint density at radius 2 is 1.64 bits per heavy atom. The molecule has 0 radical (unpaired) electrons. The van der Waals surface area contributed by atoms with Gasteiger partial charge in [0.25, 0.3) is 0 Å². The molecule has 1 N–H and O–H groups in total. The van der Waals surface area contributed by atoms with Gasteiger partial charge < -0.3 is 29.0 Å². The largest absolute Gasteiger partial charge is 0.482 e. The normalized spacial score (nSPS) is 23.0. The van der Waals surface area contributed by atoms with Crippen molar-refractivity contribution in [1.82, 2.24) is 9.21 Å². The molecule has 0 saturated carbocycles. The van der Waals surface area contributed by atoms with Gasteiger partial charge in [0.2, 0.25) is 10.0 Å². The maximum absolute atomic E-state index is 13.9. The van der Waals surface area contributed by atoms with Gasteiger partial charge in [-0.1, -0.05) is 60.7 Å². The molecule has 0 bridgehead atoms. The first-order chi connectivity index (χ1) is 24.1. The highest BCUT2D eigenvalue weighted by molar-refractivity contribution is 7.89. The molecule has 3 fully saturated rings. The zero-order chi connectivity index (χ0) is 35.3. The number of nitrogens with zero attached hydrogens (tertiary/aromatic N) is 2. The predicted molar refractivity (Wildman–Crippen MR) is 186 cm³/mol. The van der Waals surface area contributed by atoms with Crippen LogP contribution in [0, 0.1) is 11.8 Å². The van der Waals surface area contributed by atoms with Crippen LogP contribution in [0.15, 0.2) is 91.0 Å². The minimum absolute atomic E-state index is 0.0586. The summed E-state index contributed by atoms with van der Waals surface area (Å²) in [5.74, 6) is 0.263. The third-order valence-corrected chi connectivity index (χ3v) is 12.2. The number of sulfonamides is 1. The molecule has 50 heavy (non-hydrogen) atoms. The number of carbonyl (C=O) groups excluding carboxylic acids is 1. The van der Waals surface area contributed by atoms with Crippen LogP contribution in [-0.4, -0.2) is 78.9 Å². The van der Waals surface area contributed by atoms with Crippen molar-refractivity contribution in [3.63, 3.8) is 0 Å². The summed E-state index contributed by atoms with van der Waals surface area (Å²) >= 11 is 0. The smallest absolute Gasteiger partial charge is 0.410 e. The van der Waals surface area contributed by atoms with E-state index < -0.39 is 40.0 Å². The van der Waals surface area contributed by atoms with Gasteiger partial charge in [-0.25, -0.2) is 22.3 Å². The molecule has 3 aliphatic heterocycles. The molecular formula is C38H44N2O9S. The minimum atomic E-state index is -3.62. The van der Waals surface area contributed by atoms with E-state index >= 15 is 0 Å². The van der Waals surface area contributed by atoms with Crippen molar-refractivity contribution in [1.29, 1.82) is 0 Å². The minimum Gasteiger partial charge on any atom is -0.482 e. The van der Waals surface area contributed by atoms with E-state index in [2.05, 4.69) is 6.58 Å². The summed E-state index contributed by atoms with van der Waals surface area (Å²) in [7, 11) is -3.62. The van der Waals surface area contributed by atoms with Crippen molar-refractivity contribution in [2.45, 2.75) is 56.7 Å². The summed E-state index contributed by atoms with van der Waals surface area (Å²) < 4.78 is 53.5. The van der Waals surface area contributed by atoms with Crippen molar-refractivity contribution in [2.75, 3.05) is 32.8 Å². The number of rotatable bonds is 11. The second-order valence-electron chi connectivity index (χ2n) is 13.3. The van der Waals surface area contributed by atoms with E-state index in [4.69, 9.17) is 18.9 Å². The van der Waals surface area contributed by atoms with Crippen molar-refractivity contribution in [3.05, 3.63) is 102 Å². The van der Waals surface area contributed by atoms with Gasteiger partial charge in [-0.05, 0) is 74.4 Å². The van der Waals surface area contributed by atoms with Crippen molar-refractivity contribution in [2.24, 2.45) is 11.8 Å². The molecule has 3 heterocycles. The van der Waals surface area contributed by atoms with Crippen LogP contribution in [0.25, 0.3) is 0 Å². The molecule has 11 nitrogen and oxygen atoms in total. The molecule has 1 amide bonds. The van der Waals surface area contributed by atoms with Crippen LogP contribution in [-0.2, 0) is 30.9 Å². The number of carbonyl (C=O) groups is 2. The Morgan fingerprint density at radius 1 is 0.940 bits per heavy atom. The number of likely N-dealkylation sites (tertiary alicyclic amines) is 1. The van der Waals surface area contributed by atoms with E-state index in [1.54, 1.807) is 21.3 Å². The molecule has 266 valence electrons. The van der Waals surface area contributed by atoms with Crippen molar-refractivity contribution >= 4 is 22.1 Å². The summed E-state index contributed by atoms with van der Waals surface area (Å²) in [4.78, 5) is 25.7. The van der Waals surface area contributed by atoms with Gasteiger partial charge in [-0.2, -0.15) is 0 Å². The van der Waals surface area contributed by atoms with Gasteiger partial charge in [-0.3, -0.25) is 0 Å². The molecule has 0 aromatic heterocycles. The number of ether oxygens (including phenoxy) is 4. The Hall–Kier alpha value is -4.39. The first-order valence-corrected chi connectivity index (χ1v) is 18.6. The lowest BCUT2D eigenvalue weighted by atomic mass is 9.76. The highest BCUT2D eigenvalue weighted by Crippen LogP contribution is 2.48. The van der Waals surface area contributed by atoms with Gasteiger partial charge >= 0.3 is 12.1 Å². The molecular weight excluding hydrogens is 660 g/mol. The van der Waals surface area contributed by atoms with Crippen LogP contribution >= 0.6 is 0 Å². The number of para-hydroxylation sites is 1. The van der Waals surface area contributed by atoms with E-state index in [0.29, 0.717) is 74.7 Å². The van der Waals surface area contributed by atoms with Gasteiger partial charge in [0.05, 0.1) is 17.5 Å². The first kappa shape index (κ1) is 35.4. The lowest BCUT2D eigenvalue weighted by Crippen LogP contribution is -2.54. The summed E-state index contributed by atoms with van der Waals surface area (Å²) in [5, 5.41) is 8.76. The van der Waals surface area contributed by atoms with Crippen LogP contribution in [0.1, 0.15) is 49.8 Å². The highest BCUT2D eigenvalue weighted by atomic mass is 32.2. The maximum atomic E-state index is 13.9. The first-order valence-electron chi connectivity index (χ1n) is 17.1. The summed E-state index contributed by atoms with van der Waals surface area (Å²) in [6, 6.07) is 24.1. The van der Waals surface area contributed by atoms with Gasteiger partial charge in [0, 0.05) is 37.7 Å². The van der Waals surface area contributed by atoms with E-state index in [-0.39, 0.29) is 24.5 Å². The van der Waals surface area contributed by atoms with Gasteiger partial charge in [-0.15, -0.1) is 0 Å². The molecule has 3 aliphatic rings. The standard InChI is InChI=1S/C38H44N2O9S/c1-26(2)32-21-28-23-40(50(44,45)31-15-18-39(19-16-31)38(43)47-24-27-9-5-3-6-10-27)20-17-34(28)49-37(32)33-22-30(48-29-11-7-4-8-12-29)13-14-35(33)46-25-36(41)42/h3-14,22,28,31-32,34,37H,1,15-21,23-25H2,2H3,(H,41,42)/t28-,32-,34+,37+/m0/s1. The van der Waals surface area contributed by atoms with Crippen LogP contribution in [0.5, 0.6) is 17.2 Å². The molecule has 3 aromatic carbocycles. The molecule has 12 heteroatoms. The second kappa shape index (κ2) is 15.7. The molecule has 3 saturated heterocycles. The van der Waals surface area contributed by atoms with Crippen molar-refractivity contribution < 1.29 is 42.1 Å². The fourth-order valence-electron chi connectivity index (χ4n) is 7.16. The third-order valence-electron chi connectivity index (χ3n) is 9.81. The van der Waals surface area contributed by atoms with E-state index in [1.165, 1.54) is 0 Å². The van der Waals surface area contributed by atoms with Crippen LogP contribution < -0.4 is 9.47 Å². The van der Waals surface area contributed by atoms with Gasteiger partial charge in [0.1, 0.15) is 23.9 Å². The van der Waals surface area contributed by atoms with Gasteiger partial charge in [0.15, 0.2) is 6.61 Å². The monoisotopic (exact) mass is 704 g/mol. The zero-order valence-corrected chi connectivity index (χ0v) is 29.0. The fourth-order valence-corrected chi connectivity index (χ4v) is 9.15. The fraction of sp³-hybridized carbons (Fsp3) is 0.421. The Morgan fingerprint density at radius 3 is 2.32 bits per heavy atom. The quantitative estimate of drug-likeness (QED) is 0.225. The number of hydrogen-bond donors (Lipinski definition) is 1. The number of carboxylic acid groups (broad SMARTS) is 1. The Labute approximate surface area is 293 Å². The number of benzene rings is 3. The molecule has 0 spiro atoms. The predicted octanol–water partition coefficient (Wildman–Crippen LogP) is 6.42. The van der Waals surface area contributed by atoms with Crippen LogP contribution in [0.3, 0.4) is 0 Å². The number of piperidine rings is 2. The van der Waals surface area contributed by atoms with Crippen LogP contribution in [0.4, 0.5) is 4.79 Å². The lowest BCUT2D eigenvalue weighted by molar-refractivity contribution is -0.139. The number of aliphatic carboxylic acids is 1. The van der Waals surface area contributed by atoms with Crippen molar-refractivity contribution in [3.8, 4) is 17.2 Å². The Kier molecular flexibility index (Phi) is 11.1. The average molecular weight is 705 g/mol. The molecule has 0 unspecified atom stereocenters. The highest BCUT2D eigenvalue weighted by Gasteiger charge is 2.46. The van der Waals surface area contributed by atoms with E-state index in [0.717, 1.165) is 11.1 Å². The van der Waals surface area contributed by atoms with E-state index in [9.17, 15) is 23.1 Å².